The highest BCUT2D eigenvalue weighted by Crippen LogP contribution is 2.34. The van der Waals surface area contributed by atoms with Crippen molar-refractivity contribution in [1.82, 2.24) is 9.21 Å². The number of sulfonamides is 1. The Kier molecular flexibility index (Phi) is 8.67. The summed E-state index contributed by atoms with van der Waals surface area (Å²) in [4.78, 5) is 16.7. The van der Waals surface area contributed by atoms with Crippen LogP contribution in [0, 0.1) is 18.7 Å². The number of carbonyl (C=O) groups excluding carboxylic acids is 1. The Labute approximate surface area is 222 Å². The summed E-state index contributed by atoms with van der Waals surface area (Å²) in [7, 11) is -3.88. The van der Waals surface area contributed by atoms with Crippen LogP contribution in [-0.2, 0) is 21.2 Å². The maximum atomic E-state index is 14.2. The molecule has 0 unspecified atom stereocenters. The van der Waals surface area contributed by atoms with Gasteiger partial charge in [-0.05, 0) is 60.5 Å². The molecule has 0 saturated carbocycles. The number of hydrogen-bond donors (Lipinski definition) is 0. The lowest BCUT2D eigenvalue weighted by molar-refractivity contribution is -0.135. The first-order chi connectivity index (χ1) is 17.7. The zero-order valence-corrected chi connectivity index (χ0v) is 23.0. The molecule has 0 aliphatic carbocycles. The van der Waals surface area contributed by atoms with Crippen molar-refractivity contribution >= 4 is 27.3 Å². The van der Waals surface area contributed by atoms with Crippen molar-refractivity contribution in [3.05, 3.63) is 81.8 Å². The molecule has 1 amide bonds. The third-order valence-electron chi connectivity index (χ3n) is 6.83. The number of carbonyl (C=O) groups is 1. The number of fused-ring (bicyclic) bond motifs is 1. The van der Waals surface area contributed by atoms with Crippen molar-refractivity contribution in [1.29, 1.82) is 0 Å². The molecular formula is C28H33FN2O4S2. The Bertz CT molecular complexity index is 1320. The summed E-state index contributed by atoms with van der Waals surface area (Å²) < 4.78 is 48.5. The number of thiophene rings is 1. The SMILES string of the molecule is CC[C@@H](C)CN(CC(=O)N1CCc2sccc2[C@@H]1COc1ccccc1F)S(=O)(=O)c1ccc(C)cc1. The molecule has 2 atom stereocenters. The van der Waals surface area contributed by atoms with Gasteiger partial charge in [-0.25, -0.2) is 12.8 Å². The average Bonchev–Trinajstić information content (AvgIpc) is 3.37. The van der Waals surface area contributed by atoms with E-state index in [-0.39, 0.29) is 42.2 Å². The molecule has 9 heteroatoms. The Morgan fingerprint density at radius 1 is 1.19 bits per heavy atom. The lowest BCUT2D eigenvalue weighted by Gasteiger charge is -2.37. The van der Waals surface area contributed by atoms with Crippen molar-refractivity contribution < 1.29 is 22.3 Å². The zero-order valence-electron chi connectivity index (χ0n) is 21.4. The van der Waals surface area contributed by atoms with Gasteiger partial charge in [0.15, 0.2) is 11.6 Å². The quantitative estimate of drug-likeness (QED) is 0.341. The number of ether oxygens (including phenoxy) is 1. The second-order valence-electron chi connectivity index (χ2n) is 9.52. The lowest BCUT2D eigenvalue weighted by atomic mass is 10.0. The van der Waals surface area contributed by atoms with Gasteiger partial charge in [-0.2, -0.15) is 4.31 Å². The average molecular weight is 545 g/mol. The molecular weight excluding hydrogens is 511 g/mol. The Hall–Kier alpha value is -2.75. The number of hydrogen-bond acceptors (Lipinski definition) is 5. The Balaban J connectivity index is 1.59. The topological polar surface area (TPSA) is 66.9 Å². The van der Waals surface area contributed by atoms with E-state index in [1.54, 1.807) is 58.7 Å². The molecule has 6 nitrogen and oxygen atoms in total. The minimum Gasteiger partial charge on any atom is -0.488 e. The molecule has 1 aliphatic heterocycles. The predicted molar refractivity (Wildman–Crippen MR) is 144 cm³/mol. The predicted octanol–water partition coefficient (Wildman–Crippen LogP) is 5.44. The van der Waals surface area contributed by atoms with E-state index in [4.69, 9.17) is 4.74 Å². The van der Waals surface area contributed by atoms with Crippen LogP contribution >= 0.6 is 11.3 Å². The molecule has 1 aromatic heterocycles. The number of benzene rings is 2. The number of amides is 1. The summed E-state index contributed by atoms with van der Waals surface area (Å²) >= 11 is 1.62. The van der Waals surface area contributed by atoms with Gasteiger partial charge in [-0.15, -0.1) is 11.3 Å². The molecule has 0 bridgehead atoms. The number of rotatable bonds is 10. The van der Waals surface area contributed by atoms with Gasteiger partial charge in [0.05, 0.1) is 17.5 Å². The van der Waals surface area contributed by atoms with Crippen LogP contribution in [0.3, 0.4) is 0 Å². The fourth-order valence-corrected chi connectivity index (χ4v) is 6.87. The maximum absolute atomic E-state index is 14.2. The summed E-state index contributed by atoms with van der Waals surface area (Å²) in [5.41, 5.74) is 1.93. The first-order valence-corrected chi connectivity index (χ1v) is 14.8. The molecule has 0 spiro atoms. The summed E-state index contributed by atoms with van der Waals surface area (Å²) in [6.45, 7) is 6.37. The zero-order chi connectivity index (χ0) is 26.6. The van der Waals surface area contributed by atoms with Crippen LogP contribution in [0.15, 0.2) is 64.9 Å². The van der Waals surface area contributed by atoms with Crippen LogP contribution in [0.1, 0.15) is 42.3 Å². The number of halogens is 1. The van der Waals surface area contributed by atoms with Gasteiger partial charge >= 0.3 is 0 Å². The van der Waals surface area contributed by atoms with E-state index < -0.39 is 21.9 Å². The summed E-state index contributed by atoms with van der Waals surface area (Å²) in [5, 5.41) is 1.98. The summed E-state index contributed by atoms with van der Waals surface area (Å²) in [6, 6.07) is 14.4. The summed E-state index contributed by atoms with van der Waals surface area (Å²) in [6.07, 6.45) is 1.47. The van der Waals surface area contributed by atoms with Crippen molar-refractivity contribution in [3.8, 4) is 5.75 Å². The van der Waals surface area contributed by atoms with E-state index in [2.05, 4.69) is 0 Å². The van der Waals surface area contributed by atoms with E-state index in [0.717, 1.165) is 22.4 Å². The van der Waals surface area contributed by atoms with Crippen molar-refractivity contribution in [2.75, 3.05) is 26.2 Å². The molecule has 0 saturated heterocycles. The van der Waals surface area contributed by atoms with E-state index in [9.17, 15) is 17.6 Å². The number of para-hydroxylation sites is 1. The maximum Gasteiger partial charge on any atom is 0.243 e. The van der Waals surface area contributed by atoms with Crippen molar-refractivity contribution in [3.63, 3.8) is 0 Å². The van der Waals surface area contributed by atoms with Crippen molar-refractivity contribution in [2.45, 2.75) is 44.6 Å². The van der Waals surface area contributed by atoms with E-state index in [1.807, 2.05) is 32.2 Å². The monoisotopic (exact) mass is 544 g/mol. The largest absolute Gasteiger partial charge is 0.488 e. The summed E-state index contributed by atoms with van der Waals surface area (Å²) in [5.74, 6) is -0.556. The van der Waals surface area contributed by atoms with Gasteiger partial charge < -0.3 is 9.64 Å². The van der Waals surface area contributed by atoms with E-state index in [0.29, 0.717) is 13.0 Å². The molecule has 2 aromatic carbocycles. The molecule has 0 N–H and O–H groups in total. The highest BCUT2D eigenvalue weighted by atomic mass is 32.2. The van der Waals surface area contributed by atoms with Crippen LogP contribution < -0.4 is 4.74 Å². The third kappa shape index (κ3) is 6.22. The molecule has 37 heavy (non-hydrogen) atoms. The van der Waals surface area contributed by atoms with Gasteiger partial charge in [0.1, 0.15) is 6.61 Å². The van der Waals surface area contributed by atoms with E-state index >= 15 is 0 Å². The second-order valence-corrected chi connectivity index (χ2v) is 12.5. The van der Waals surface area contributed by atoms with Gasteiger partial charge in [-0.1, -0.05) is 50.1 Å². The molecule has 1 aliphatic rings. The van der Waals surface area contributed by atoms with Gasteiger partial charge in [0.25, 0.3) is 0 Å². The fourth-order valence-electron chi connectivity index (χ4n) is 4.43. The van der Waals surface area contributed by atoms with E-state index in [1.165, 1.54) is 10.4 Å². The molecule has 0 radical (unpaired) electrons. The minimum atomic E-state index is -3.88. The molecule has 2 heterocycles. The standard InChI is InChI=1S/C28H33FN2O4S2/c1-4-20(2)17-30(37(33,34)22-11-9-21(3)10-12-22)18-28(32)31-15-13-27-23(14-16-36-27)25(31)19-35-26-8-6-5-7-24(26)29/h5-12,14,16,20,25H,4,13,15,17-19H2,1-3H3/t20-,25+/m1/s1. The normalized spacial score (nSPS) is 16.5. The first kappa shape index (κ1) is 27.3. The van der Waals surface area contributed by atoms with Gasteiger partial charge in [0, 0.05) is 18.0 Å². The van der Waals surface area contributed by atoms with Crippen molar-refractivity contribution in [2.24, 2.45) is 5.92 Å². The highest BCUT2D eigenvalue weighted by Gasteiger charge is 2.35. The van der Waals surface area contributed by atoms with Crippen LogP contribution in [0.25, 0.3) is 0 Å². The molecule has 198 valence electrons. The molecule has 0 fully saturated rings. The van der Waals surface area contributed by atoms with Gasteiger partial charge in [0.2, 0.25) is 15.9 Å². The Morgan fingerprint density at radius 2 is 1.92 bits per heavy atom. The first-order valence-electron chi connectivity index (χ1n) is 12.5. The lowest BCUT2D eigenvalue weighted by Crippen LogP contribution is -2.48. The molecule has 3 aromatic rings. The third-order valence-corrected chi connectivity index (χ3v) is 9.65. The highest BCUT2D eigenvalue weighted by molar-refractivity contribution is 7.89. The van der Waals surface area contributed by atoms with Crippen LogP contribution in [-0.4, -0.2) is 49.8 Å². The van der Waals surface area contributed by atoms with Crippen LogP contribution in [0.2, 0.25) is 0 Å². The second kappa shape index (κ2) is 11.8. The van der Waals surface area contributed by atoms with Crippen LogP contribution in [0.5, 0.6) is 5.75 Å². The minimum absolute atomic E-state index is 0.0759. The number of nitrogens with zero attached hydrogens (tertiary/aromatic N) is 2. The Morgan fingerprint density at radius 3 is 2.62 bits per heavy atom. The number of aryl methyl sites for hydroxylation is 1. The fraction of sp³-hybridized carbons (Fsp3) is 0.393. The van der Waals surface area contributed by atoms with Crippen LogP contribution in [0.4, 0.5) is 4.39 Å². The van der Waals surface area contributed by atoms with Gasteiger partial charge in [-0.3, -0.25) is 4.79 Å². The smallest absolute Gasteiger partial charge is 0.243 e. The molecule has 4 rings (SSSR count).